The molecule has 0 spiro atoms. The number of amides is 2. The Labute approximate surface area is 126 Å². The molecule has 0 aromatic heterocycles. The van der Waals surface area contributed by atoms with Crippen LogP contribution >= 0.6 is 0 Å². The first-order valence-electron chi connectivity index (χ1n) is 7.22. The molecule has 1 unspecified atom stereocenters. The minimum absolute atomic E-state index is 0.0388. The van der Waals surface area contributed by atoms with Crippen LogP contribution in [-0.4, -0.2) is 31.4 Å². The van der Waals surface area contributed by atoms with Gasteiger partial charge in [-0.3, -0.25) is 9.59 Å². The van der Waals surface area contributed by atoms with Gasteiger partial charge in [-0.1, -0.05) is 6.92 Å². The third kappa shape index (κ3) is 5.19. The van der Waals surface area contributed by atoms with Crippen molar-refractivity contribution in [2.75, 3.05) is 18.9 Å². The maximum Gasteiger partial charge on any atom is 0.251 e. The Balaban J connectivity index is 2.78. The summed E-state index contributed by atoms with van der Waals surface area (Å²) in [5.74, 6) is -0.244. The van der Waals surface area contributed by atoms with Crippen LogP contribution in [0.15, 0.2) is 18.2 Å². The molecular formula is C16H25N3O2. The Kier molecular flexibility index (Phi) is 6.37. The monoisotopic (exact) mass is 291 g/mol. The van der Waals surface area contributed by atoms with Gasteiger partial charge in [0.05, 0.1) is 0 Å². The molecule has 0 aliphatic carbocycles. The molecule has 1 rings (SSSR count). The third-order valence-electron chi connectivity index (χ3n) is 3.12. The van der Waals surface area contributed by atoms with E-state index < -0.39 is 0 Å². The molecule has 0 bridgehead atoms. The van der Waals surface area contributed by atoms with Gasteiger partial charge in [0.25, 0.3) is 5.91 Å². The minimum Gasteiger partial charge on any atom is -0.350 e. The van der Waals surface area contributed by atoms with E-state index in [1.807, 2.05) is 40.8 Å². The predicted octanol–water partition coefficient (Wildman–Crippen LogP) is 1.93. The molecule has 0 fully saturated rings. The second-order valence-corrected chi connectivity index (χ2v) is 5.61. The lowest BCUT2D eigenvalue weighted by molar-refractivity contribution is -0.119. The Hall–Kier alpha value is -1.88. The standard InChI is InChI=1S/C16H25N3O2/c1-10(2)18-16(21)14-7-6-13(8-11(14)3)19-15(20)12(4)9-17-5/h6-8,10,12,17H,9H2,1-5H3,(H,18,21)(H,19,20). The molecule has 0 saturated heterocycles. The van der Waals surface area contributed by atoms with E-state index in [2.05, 4.69) is 16.0 Å². The van der Waals surface area contributed by atoms with Crippen LogP contribution in [0.25, 0.3) is 0 Å². The van der Waals surface area contributed by atoms with Crippen molar-refractivity contribution in [3.05, 3.63) is 29.3 Å². The summed E-state index contributed by atoms with van der Waals surface area (Å²) in [5, 5.41) is 8.70. The minimum atomic E-state index is -0.112. The third-order valence-corrected chi connectivity index (χ3v) is 3.12. The largest absolute Gasteiger partial charge is 0.350 e. The van der Waals surface area contributed by atoms with Crippen LogP contribution in [0.5, 0.6) is 0 Å². The van der Waals surface area contributed by atoms with Gasteiger partial charge in [0.2, 0.25) is 5.91 Å². The lowest BCUT2D eigenvalue weighted by Crippen LogP contribution is -2.31. The Morgan fingerprint density at radius 1 is 1.19 bits per heavy atom. The number of rotatable bonds is 6. The van der Waals surface area contributed by atoms with Crippen LogP contribution in [0.4, 0.5) is 5.69 Å². The first-order valence-corrected chi connectivity index (χ1v) is 7.22. The smallest absolute Gasteiger partial charge is 0.251 e. The maximum atomic E-state index is 12.0. The predicted molar refractivity (Wildman–Crippen MR) is 85.5 cm³/mol. The number of aryl methyl sites for hydroxylation is 1. The lowest BCUT2D eigenvalue weighted by Gasteiger charge is -2.14. The van der Waals surface area contributed by atoms with Crippen molar-refractivity contribution in [3.8, 4) is 0 Å². The van der Waals surface area contributed by atoms with Crippen molar-refractivity contribution < 1.29 is 9.59 Å². The van der Waals surface area contributed by atoms with Gasteiger partial charge in [0, 0.05) is 29.8 Å². The quantitative estimate of drug-likeness (QED) is 0.750. The van der Waals surface area contributed by atoms with Crippen molar-refractivity contribution in [1.29, 1.82) is 0 Å². The van der Waals surface area contributed by atoms with Gasteiger partial charge in [-0.05, 0) is 51.6 Å². The summed E-state index contributed by atoms with van der Waals surface area (Å²) in [4.78, 5) is 23.9. The number of hydrogen-bond acceptors (Lipinski definition) is 3. The molecule has 1 atom stereocenters. The Bertz CT molecular complexity index is 512. The molecule has 0 aliphatic heterocycles. The maximum absolute atomic E-state index is 12.0. The number of carbonyl (C=O) groups is 2. The highest BCUT2D eigenvalue weighted by atomic mass is 16.2. The van der Waals surface area contributed by atoms with Crippen molar-refractivity contribution in [3.63, 3.8) is 0 Å². The van der Waals surface area contributed by atoms with E-state index in [0.29, 0.717) is 17.8 Å². The van der Waals surface area contributed by atoms with Crippen LogP contribution < -0.4 is 16.0 Å². The number of anilines is 1. The van der Waals surface area contributed by atoms with E-state index in [-0.39, 0.29) is 23.8 Å². The molecule has 1 aromatic rings. The van der Waals surface area contributed by atoms with Crippen LogP contribution in [0, 0.1) is 12.8 Å². The summed E-state index contributed by atoms with van der Waals surface area (Å²) in [6, 6.07) is 5.41. The van der Waals surface area contributed by atoms with E-state index in [1.54, 1.807) is 12.1 Å². The average molecular weight is 291 g/mol. The molecular weight excluding hydrogens is 266 g/mol. The summed E-state index contributed by atoms with van der Waals surface area (Å²) in [6.07, 6.45) is 0. The summed E-state index contributed by atoms with van der Waals surface area (Å²) in [7, 11) is 1.82. The second-order valence-electron chi connectivity index (χ2n) is 5.61. The first kappa shape index (κ1) is 17.2. The van der Waals surface area contributed by atoms with Gasteiger partial charge in [0.15, 0.2) is 0 Å². The number of benzene rings is 1. The summed E-state index contributed by atoms with van der Waals surface area (Å²) >= 11 is 0. The molecule has 3 N–H and O–H groups in total. The molecule has 5 heteroatoms. The summed E-state index contributed by atoms with van der Waals surface area (Å²) < 4.78 is 0. The number of nitrogens with one attached hydrogen (secondary N) is 3. The van der Waals surface area contributed by atoms with Gasteiger partial charge >= 0.3 is 0 Å². The van der Waals surface area contributed by atoms with E-state index in [4.69, 9.17) is 0 Å². The SMILES string of the molecule is CNCC(C)C(=O)Nc1ccc(C(=O)NC(C)C)c(C)c1. The van der Waals surface area contributed by atoms with Crippen LogP contribution in [0.1, 0.15) is 36.7 Å². The van der Waals surface area contributed by atoms with E-state index in [9.17, 15) is 9.59 Å². The van der Waals surface area contributed by atoms with Crippen LogP contribution in [0.2, 0.25) is 0 Å². The van der Waals surface area contributed by atoms with Crippen molar-refractivity contribution in [2.45, 2.75) is 33.7 Å². The van der Waals surface area contributed by atoms with E-state index >= 15 is 0 Å². The Morgan fingerprint density at radius 3 is 2.38 bits per heavy atom. The van der Waals surface area contributed by atoms with E-state index in [0.717, 1.165) is 5.56 Å². The van der Waals surface area contributed by atoms with Crippen molar-refractivity contribution in [2.24, 2.45) is 5.92 Å². The highest BCUT2D eigenvalue weighted by Gasteiger charge is 2.14. The van der Waals surface area contributed by atoms with Crippen LogP contribution in [-0.2, 0) is 4.79 Å². The van der Waals surface area contributed by atoms with Gasteiger partial charge in [-0.2, -0.15) is 0 Å². The fraction of sp³-hybridized carbons (Fsp3) is 0.500. The molecule has 5 nitrogen and oxygen atoms in total. The molecule has 0 radical (unpaired) electrons. The fourth-order valence-electron chi connectivity index (χ4n) is 2.00. The van der Waals surface area contributed by atoms with Gasteiger partial charge in [-0.15, -0.1) is 0 Å². The molecule has 2 amide bonds. The summed E-state index contributed by atoms with van der Waals surface area (Å²) in [5.41, 5.74) is 2.18. The van der Waals surface area contributed by atoms with Gasteiger partial charge < -0.3 is 16.0 Å². The highest BCUT2D eigenvalue weighted by Crippen LogP contribution is 2.16. The molecule has 21 heavy (non-hydrogen) atoms. The zero-order valence-electron chi connectivity index (χ0n) is 13.4. The lowest BCUT2D eigenvalue weighted by atomic mass is 10.1. The second kappa shape index (κ2) is 7.78. The van der Waals surface area contributed by atoms with Crippen molar-refractivity contribution >= 4 is 17.5 Å². The average Bonchev–Trinajstić information content (AvgIpc) is 2.37. The zero-order chi connectivity index (χ0) is 16.0. The normalized spacial score (nSPS) is 12.1. The first-order chi connectivity index (χ1) is 9.85. The van der Waals surface area contributed by atoms with Gasteiger partial charge in [0.1, 0.15) is 0 Å². The topological polar surface area (TPSA) is 70.2 Å². The summed E-state index contributed by atoms with van der Waals surface area (Å²) in [6.45, 7) is 8.20. The highest BCUT2D eigenvalue weighted by molar-refractivity contribution is 5.97. The van der Waals surface area contributed by atoms with E-state index in [1.165, 1.54) is 0 Å². The molecule has 0 heterocycles. The van der Waals surface area contributed by atoms with Gasteiger partial charge in [-0.25, -0.2) is 0 Å². The fourth-order valence-corrected chi connectivity index (χ4v) is 2.00. The van der Waals surface area contributed by atoms with Crippen molar-refractivity contribution in [1.82, 2.24) is 10.6 Å². The molecule has 0 aliphatic rings. The number of hydrogen-bond donors (Lipinski definition) is 3. The molecule has 116 valence electrons. The molecule has 1 aromatic carbocycles. The Morgan fingerprint density at radius 2 is 1.86 bits per heavy atom. The molecule has 0 saturated carbocycles. The zero-order valence-corrected chi connectivity index (χ0v) is 13.4. The number of carbonyl (C=O) groups excluding carboxylic acids is 2. The van der Waals surface area contributed by atoms with Crippen LogP contribution in [0.3, 0.4) is 0 Å².